The van der Waals surface area contributed by atoms with Gasteiger partial charge < -0.3 is 10.4 Å². The summed E-state index contributed by atoms with van der Waals surface area (Å²) < 4.78 is 2.00. The molecule has 1 aliphatic carbocycles. The average molecular weight is 265 g/mol. The third-order valence-electron chi connectivity index (χ3n) is 4.41. The molecule has 1 heterocycles. The highest BCUT2D eigenvalue weighted by Crippen LogP contribution is 2.27. The highest BCUT2D eigenvalue weighted by atomic mass is 16.3. The first kappa shape index (κ1) is 14.5. The van der Waals surface area contributed by atoms with E-state index in [1.807, 2.05) is 10.9 Å². The minimum Gasteiger partial charge on any atom is -0.389 e. The van der Waals surface area contributed by atoms with Crippen LogP contribution in [0.1, 0.15) is 57.6 Å². The summed E-state index contributed by atoms with van der Waals surface area (Å²) in [7, 11) is 0. The minimum absolute atomic E-state index is 0.292. The molecular weight excluding hydrogens is 238 g/mol. The molecule has 1 aromatic rings. The van der Waals surface area contributed by atoms with Gasteiger partial charge in [0.05, 0.1) is 17.8 Å². The number of hydrogen-bond acceptors (Lipinski definition) is 3. The van der Waals surface area contributed by atoms with Gasteiger partial charge >= 0.3 is 0 Å². The highest BCUT2D eigenvalue weighted by molar-refractivity contribution is 5.01. The predicted octanol–water partition coefficient (Wildman–Crippen LogP) is 2.43. The molecule has 0 saturated heterocycles. The second-order valence-corrected chi connectivity index (χ2v) is 6.19. The first-order chi connectivity index (χ1) is 9.00. The molecule has 0 bridgehead atoms. The van der Waals surface area contributed by atoms with Crippen molar-refractivity contribution in [2.75, 3.05) is 6.54 Å². The van der Waals surface area contributed by atoms with Crippen molar-refractivity contribution >= 4 is 0 Å². The van der Waals surface area contributed by atoms with Crippen LogP contribution in [0.5, 0.6) is 0 Å². The van der Waals surface area contributed by atoms with Gasteiger partial charge in [0.1, 0.15) is 0 Å². The molecule has 2 N–H and O–H groups in total. The van der Waals surface area contributed by atoms with Crippen molar-refractivity contribution < 1.29 is 5.11 Å². The summed E-state index contributed by atoms with van der Waals surface area (Å²) in [6.45, 7) is 7.07. The first-order valence-electron chi connectivity index (χ1n) is 7.47. The molecule has 0 amide bonds. The predicted molar refractivity (Wildman–Crippen MR) is 77.2 cm³/mol. The summed E-state index contributed by atoms with van der Waals surface area (Å²) in [5.74, 6) is 0. The number of aryl methyl sites for hydroxylation is 1. The van der Waals surface area contributed by atoms with Gasteiger partial charge in [0, 0.05) is 18.8 Å². The molecule has 0 aromatic carbocycles. The fourth-order valence-electron chi connectivity index (χ4n) is 2.79. The zero-order chi connectivity index (χ0) is 13.9. The van der Waals surface area contributed by atoms with Crippen molar-refractivity contribution in [3.63, 3.8) is 0 Å². The van der Waals surface area contributed by atoms with Gasteiger partial charge in [-0.3, -0.25) is 4.68 Å². The molecule has 2 rings (SSSR count). The summed E-state index contributed by atoms with van der Waals surface area (Å²) in [4.78, 5) is 0. The third kappa shape index (κ3) is 3.80. The van der Waals surface area contributed by atoms with Crippen molar-refractivity contribution in [1.82, 2.24) is 15.1 Å². The Kier molecular flexibility index (Phi) is 4.63. The Morgan fingerprint density at radius 1 is 1.37 bits per heavy atom. The molecule has 0 spiro atoms. The molecule has 0 radical (unpaired) electrons. The smallest absolute Gasteiger partial charge is 0.0771 e. The van der Waals surface area contributed by atoms with E-state index in [2.05, 4.69) is 37.4 Å². The van der Waals surface area contributed by atoms with E-state index in [4.69, 9.17) is 0 Å². The summed E-state index contributed by atoms with van der Waals surface area (Å²) >= 11 is 0. The Bertz CT molecular complexity index is 396. The topological polar surface area (TPSA) is 50.1 Å². The van der Waals surface area contributed by atoms with Crippen molar-refractivity contribution in [2.24, 2.45) is 0 Å². The largest absolute Gasteiger partial charge is 0.389 e. The molecule has 0 aliphatic heterocycles. The van der Waals surface area contributed by atoms with Crippen LogP contribution in [0.25, 0.3) is 0 Å². The van der Waals surface area contributed by atoms with Crippen molar-refractivity contribution in [2.45, 2.75) is 70.6 Å². The van der Waals surface area contributed by atoms with Gasteiger partial charge in [0.15, 0.2) is 0 Å². The van der Waals surface area contributed by atoms with E-state index in [1.165, 1.54) is 12.0 Å². The molecule has 1 aromatic heterocycles. The third-order valence-corrected chi connectivity index (χ3v) is 4.41. The zero-order valence-corrected chi connectivity index (χ0v) is 12.4. The van der Waals surface area contributed by atoms with Crippen LogP contribution in [-0.4, -0.2) is 33.1 Å². The van der Waals surface area contributed by atoms with Gasteiger partial charge in [0.2, 0.25) is 0 Å². The van der Waals surface area contributed by atoms with Gasteiger partial charge in [-0.2, -0.15) is 5.10 Å². The second kappa shape index (κ2) is 6.06. The lowest BCUT2D eigenvalue weighted by Crippen LogP contribution is -2.46. The molecule has 1 saturated carbocycles. The van der Waals surface area contributed by atoms with Gasteiger partial charge in [-0.1, -0.05) is 19.3 Å². The molecule has 108 valence electrons. The molecule has 19 heavy (non-hydrogen) atoms. The van der Waals surface area contributed by atoms with Crippen LogP contribution in [0.2, 0.25) is 0 Å². The summed E-state index contributed by atoms with van der Waals surface area (Å²) in [6, 6.07) is 0.589. The highest BCUT2D eigenvalue weighted by Gasteiger charge is 2.29. The Morgan fingerprint density at radius 3 is 2.63 bits per heavy atom. The molecule has 1 aliphatic rings. The van der Waals surface area contributed by atoms with Crippen LogP contribution in [0, 0.1) is 6.92 Å². The van der Waals surface area contributed by atoms with Gasteiger partial charge in [-0.15, -0.1) is 0 Å². The average Bonchev–Trinajstić information content (AvgIpc) is 2.83. The van der Waals surface area contributed by atoms with Crippen LogP contribution in [0.3, 0.4) is 0 Å². The van der Waals surface area contributed by atoms with Crippen LogP contribution in [-0.2, 0) is 0 Å². The van der Waals surface area contributed by atoms with Gasteiger partial charge in [0.25, 0.3) is 0 Å². The summed E-state index contributed by atoms with van der Waals surface area (Å²) in [6.07, 6.45) is 9.39. The molecule has 4 heteroatoms. The lowest BCUT2D eigenvalue weighted by atomic mass is 9.84. The maximum atomic E-state index is 10.5. The minimum atomic E-state index is -0.494. The van der Waals surface area contributed by atoms with Crippen molar-refractivity contribution in [1.29, 1.82) is 0 Å². The molecule has 4 nitrogen and oxygen atoms in total. The number of aromatic nitrogens is 2. The van der Waals surface area contributed by atoms with Crippen LogP contribution >= 0.6 is 0 Å². The number of hydrogen-bond donors (Lipinski definition) is 2. The van der Waals surface area contributed by atoms with Crippen molar-refractivity contribution in [3.8, 4) is 0 Å². The van der Waals surface area contributed by atoms with Gasteiger partial charge in [-0.25, -0.2) is 0 Å². The number of aliphatic hydroxyl groups is 1. The normalized spacial score (nSPS) is 22.1. The fourth-order valence-corrected chi connectivity index (χ4v) is 2.79. The number of rotatable bonds is 5. The van der Waals surface area contributed by atoms with Gasteiger partial charge in [-0.05, 0) is 39.2 Å². The van der Waals surface area contributed by atoms with E-state index >= 15 is 0 Å². The van der Waals surface area contributed by atoms with E-state index in [0.29, 0.717) is 18.6 Å². The van der Waals surface area contributed by atoms with Crippen molar-refractivity contribution in [3.05, 3.63) is 18.0 Å². The van der Waals surface area contributed by atoms with Crippen LogP contribution < -0.4 is 5.32 Å². The fraction of sp³-hybridized carbons (Fsp3) is 0.800. The standard InChI is InChI=1S/C15H27N3O/c1-12-9-17-18(10-12)14(3)13(2)16-11-15(19)7-5-4-6-8-15/h9-10,13-14,16,19H,4-8,11H2,1-3H3/t13-,14+/m0/s1. The van der Waals surface area contributed by atoms with E-state index in [9.17, 15) is 5.11 Å². The maximum absolute atomic E-state index is 10.5. The Balaban J connectivity index is 1.85. The zero-order valence-electron chi connectivity index (χ0n) is 12.4. The SMILES string of the molecule is Cc1cnn([C@H](C)[C@H](C)NCC2(O)CCCCC2)c1. The lowest BCUT2D eigenvalue weighted by molar-refractivity contribution is 0.00181. The van der Waals surface area contributed by atoms with E-state index in [-0.39, 0.29) is 0 Å². The van der Waals surface area contributed by atoms with E-state index in [0.717, 1.165) is 25.7 Å². The number of nitrogens with zero attached hydrogens (tertiary/aromatic N) is 2. The quantitative estimate of drug-likeness (QED) is 0.859. The molecule has 0 unspecified atom stereocenters. The molecular formula is C15H27N3O. The molecule has 1 fully saturated rings. The van der Waals surface area contributed by atoms with E-state index < -0.39 is 5.60 Å². The summed E-state index contributed by atoms with van der Waals surface area (Å²) in [5, 5.41) is 18.3. The summed E-state index contributed by atoms with van der Waals surface area (Å²) in [5.41, 5.74) is 0.691. The molecule has 2 atom stereocenters. The maximum Gasteiger partial charge on any atom is 0.0771 e. The van der Waals surface area contributed by atoms with Crippen LogP contribution in [0.4, 0.5) is 0 Å². The Morgan fingerprint density at radius 2 is 2.05 bits per heavy atom. The lowest BCUT2D eigenvalue weighted by Gasteiger charge is -2.34. The van der Waals surface area contributed by atoms with Crippen LogP contribution in [0.15, 0.2) is 12.4 Å². The first-order valence-corrected chi connectivity index (χ1v) is 7.47. The Labute approximate surface area is 116 Å². The second-order valence-electron chi connectivity index (χ2n) is 6.19. The van der Waals surface area contributed by atoms with E-state index in [1.54, 1.807) is 0 Å². The monoisotopic (exact) mass is 265 g/mol. The number of nitrogens with one attached hydrogen (secondary N) is 1. The Hall–Kier alpha value is -0.870.